The number of nitrogens with one attached hydrogen (secondary N) is 1. The highest BCUT2D eigenvalue weighted by atomic mass is 32.2. The van der Waals surface area contributed by atoms with Gasteiger partial charge in [-0.25, -0.2) is 22.8 Å². The van der Waals surface area contributed by atoms with Crippen LogP contribution >= 0.6 is 11.8 Å². The third-order valence-electron chi connectivity index (χ3n) is 4.46. The number of carbonyl (C=O) groups excluding carboxylic acids is 1. The van der Waals surface area contributed by atoms with Crippen molar-refractivity contribution in [1.29, 1.82) is 0 Å². The molecule has 2 heterocycles. The lowest BCUT2D eigenvalue weighted by molar-refractivity contribution is -0.113. The molecule has 7 nitrogen and oxygen atoms in total. The molecular formula is C20H17FN4O3S2. The first-order chi connectivity index (χ1) is 14.4. The van der Waals surface area contributed by atoms with Gasteiger partial charge in [0.1, 0.15) is 10.7 Å². The van der Waals surface area contributed by atoms with Crippen molar-refractivity contribution in [3.8, 4) is 11.3 Å². The second kappa shape index (κ2) is 8.04. The molecule has 3 aromatic rings. The van der Waals surface area contributed by atoms with Crippen LogP contribution in [0.4, 0.5) is 15.8 Å². The number of sulfonamides is 1. The van der Waals surface area contributed by atoms with Gasteiger partial charge in [-0.3, -0.25) is 9.10 Å². The van der Waals surface area contributed by atoms with Crippen molar-refractivity contribution in [2.75, 3.05) is 21.9 Å². The van der Waals surface area contributed by atoms with Crippen molar-refractivity contribution in [2.24, 2.45) is 0 Å². The Balaban J connectivity index is 1.58. The topological polar surface area (TPSA) is 92.3 Å². The molecule has 1 aliphatic heterocycles. The Morgan fingerprint density at radius 1 is 1.20 bits per heavy atom. The average Bonchev–Trinajstić information content (AvgIpc) is 2.72. The number of anilines is 2. The van der Waals surface area contributed by atoms with Gasteiger partial charge in [-0.1, -0.05) is 36.0 Å². The standard InChI is InChI=1S/C20H17FN4O3S2/c1-2-25-16-9-4-3-8-15(16)19-17(30(25,27)28)11-22-20(24-19)29-12-18(26)23-14-7-5-6-13(21)10-14/h3-11H,2,12H2,1H3,(H,23,26). The Morgan fingerprint density at radius 2 is 2.00 bits per heavy atom. The molecule has 0 spiro atoms. The SMILES string of the molecule is CCN1c2ccccc2-c2nc(SCC(=O)Nc3cccc(F)c3)ncc2S1(=O)=O. The first-order valence-corrected chi connectivity index (χ1v) is 11.5. The maximum Gasteiger partial charge on any atom is 0.268 e. The van der Waals surface area contributed by atoms with Gasteiger partial charge in [-0.05, 0) is 31.2 Å². The van der Waals surface area contributed by atoms with Crippen molar-refractivity contribution in [1.82, 2.24) is 9.97 Å². The third kappa shape index (κ3) is 3.75. The van der Waals surface area contributed by atoms with Crippen LogP contribution in [0.15, 0.2) is 64.8 Å². The molecule has 0 atom stereocenters. The van der Waals surface area contributed by atoms with Crippen molar-refractivity contribution in [3.63, 3.8) is 0 Å². The number of rotatable bonds is 5. The zero-order chi connectivity index (χ0) is 21.3. The fraction of sp³-hybridized carbons (Fsp3) is 0.150. The van der Waals surface area contributed by atoms with E-state index in [2.05, 4.69) is 15.3 Å². The molecule has 30 heavy (non-hydrogen) atoms. The molecule has 0 saturated carbocycles. The zero-order valence-electron chi connectivity index (χ0n) is 15.9. The fourth-order valence-corrected chi connectivity index (χ4v) is 5.38. The van der Waals surface area contributed by atoms with Gasteiger partial charge in [0, 0.05) is 17.8 Å². The van der Waals surface area contributed by atoms with E-state index in [0.717, 1.165) is 11.8 Å². The van der Waals surface area contributed by atoms with E-state index in [4.69, 9.17) is 0 Å². The van der Waals surface area contributed by atoms with Crippen LogP contribution in [0.25, 0.3) is 11.3 Å². The minimum absolute atomic E-state index is 0.00915. The van der Waals surface area contributed by atoms with Gasteiger partial charge in [0.15, 0.2) is 5.16 Å². The van der Waals surface area contributed by atoms with E-state index >= 15 is 0 Å². The smallest absolute Gasteiger partial charge is 0.268 e. The van der Waals surface area contributed by atoms with Crippen LogP contribution in [0, 0.1) is 5.82 Å². The zero-order valence-corrected chi connectivity index (χ0v) is 17.5. The Kier molecular flexibility index (Phi) is 5.44. The Hall–Kier alpha value is -2.98. The van der Waals surface area contributed by atoms with E-state index < -0.39 is 15.8 Å². The van der Waals surface area contributed by atoms with Crippen molar-refractivity contribution < 1.29 is 17.6 Å². The number of aromatic nitrogens is 2. The lowest BCUT2D eigenvalue weighted by Crippen LogP contribution is -2.34. The monoisotopic (exact) mass is 444 g/mol. The lowest BCUT2D eigenvalue weighted by atomic mass is 10.1. The number of fused-ring (bicyclic) bond motifs is 3. The van der Waals surface area contributed by atoms with E-state index in [1.165, 1.54) is 28.7 Å². The maximum absolute atomic E-state index is 13.2. The van der Waals surface area contributed by atoms with Crippen LogP contribution in [0.3, 0.4) is 0 Å². The normalized spacial score (nSPS) is 14.0. The molecule has 0 fully saturated rings. The number of hydrogen-bond donors (Lipinski definition) is 1. The summed E-state index contributed by atoms with van der Waals surface area (Å²) in [6.45, 7) is 2.05. The number of halogens is 1. The lowest BCUT2D eigenvalue weighted by Gasteiger charge is -2.30. The van der Waals surface area contributed by atoms with Gasteiger partial charge < -0.3 is 5.32 Å². The summed E-state index contributed by atoms with van der Waals surface area (Å²) in [6.07, 6.45) is 1.28. The van der Waals surface area contributed by atoms with Crippen LogP contribution in [-0.4, -0.2) is 36.6 Å². The fourth-order valence-electron chi connectivity index (χ4n) is 3.18. The van der Waals surface area contributed by atoms with Crippen LogP contribution in [0.1, 0.15) is 6.92 Å². The van der Waals surface area contributed by atoms with Crippen molar-refractivity contribution in [2.45, 2.75) is 17.0 Å². The average molecular weight is 445 g/mol. The Morgan fingerprint density at radius 3 is 2.77 bits per heavy atom. The molecule has 4 rings (SSSR count). The Bertz CT molecular complexity index is 1230. The second-order valence-corrected chi connectivity index (χ2v) is 9.17. The van der Waals surface area contributed by atoms with Crippen molar-refractivity contribution >= 4 is 39.1 Å². The summed E-state index contributed by atoms with van der Waals surface area (Å²) in [4.78, 5) is 20.7. The minimum atomic E-state index is -3.75. The third-order valence-corrected chi connectivity index (χ3v) is 7.21. The number of para-hydroxylation sites is 1. The highest BCUT2D eigenvalue weighted by Crippen LogP contribution is 2.41. The van der Waals surface area contributed by atoms with E-state index in [9.17, 15) is 17.6 Å². The largest absolute Gasteiger partial charge is 0.325 e. The summed E-state index contributed by atoms with van der Waals surface area (Å²) in [5.74, 6) is -0.804. The van der Waals surface area contributed by atoms with Crippen LogP contribution < -0.4 is 9.62 Å². The predicted octanol–water partition coefficient (Wildman–Crippen LogP) is 3.54. The van der Waals surface area contributed by atoms with Gasteiger partial charge in [-0.15, -0.1) is 0 Å². The summed E-state index contributed by atoms with van der Waals surface area (Å²) in [7, 11) is -3.75. The highest BCUT2D eigenvalue weighted by molar-refractivity contribution is 7.99. The maximum atomic E-state index is 13.2. The molecule has 0 bridgehead atoms. The molecule has 0 radical (unpaired) electrons. The molecule has 1 aliphatic rings. The van der Waals surface area contributed by atoms with Gasteiger partial charge >= 0.3 is 0 Å². The predicted molar refractivity (Wildman–Crippen MR) is 113 cm³/mol. The van der Waals surface area contributed by atoms with Crippen LogP contribution in [0.2, 0.25) is 0 Å². The number of thioether (sulfide) groups is 1. The van der Waals surface area contributed by atoms with Crippen LogP contribution in [-0.2, 0) is 14.8 Å². The molecule has 2 aromatic carbocycles. The Labute approximate surface area is 177 Å². The van der Waals surface area contributed by atoms with E-state index in [0.29, 0.717) is 22.6 Å². The van der Waals surface area contributed by atoms with Gasteiger partial charge in [-0.2, -0.15) is 0 Å². The number of benzene rings is 2. The summed E-state index contributed by atoms with van der Waals surface area (Å²) in [5, 5.41) is 2.88. The summed E-state index contributed by atoms with van der Waals surface area (Å²) in [5.41, 5.74) is 1.92. The number of carbonyl (C=O) groups is 1. The first-order valence-electron chi connectivity index (χ1n) is 9.07. The summed E-state index contributed by atoms with van der Waals surface area (Å²) >= 11 is 1.07. The molecule has 0 aliphatic carbocycles. The molecule has 0 unspecified atom stereocenters. The minimum Gasteiger partial charge on any atom is -0.325 e. The van der Waals surface area contributed by atoms with Gasteiger partial charge in [0.25, 0.3) is 10.0 Å². The van der Waals surface area contributed by atoms with Crippen molar-refractivity contribution in [3.05, 3.63) is 60.5 Å². The van der Waals surface area contributed by atoms with E-state index in [-0.39, 0.29) is 28.3 Å². The van der Waals surface area contributed by atoms with Gasteiger partial charge in [0.05, 0.1) is 23.3 Å². The molecule has 1 amide bonds. The molecule has 154 valence electrons. The highest BCUT2D eigenvalue weighted by Gasteiger charge is 2.35. The van der Waals surface area contributed by atoms with Gasteiger partial charge in [0.2, 0.25) is 5.91 Å². The number of amides is 1. The summed E-state index contributed by atoms with van der Waals surface area (Å²) in [6, 6.07) is 12.7. The molecule has 1 aromatic heterocycles. The molecule has 0 saturated heterocycles. The van der Waals surface area contributed by atoms with Crippen LogP contribution in [0.5, 0.6) is 0 Å². The molecule has 1 N–H and O–H groups in total. The number of hydrogen-bond acceptors (Lipinski definition) is 6. The summed E-state index contributed by atoms with van der Waals surface area (Å²) < 4.78 is 40.5. The first kappa shape index (κ1) is 20.3. The quantitative estimate of drug-likeness (QED) is 0.478. The molecule has 10 heteroatoms. The number of nitrogens with zero attached hydrogens (tertiary/aromatic N) is 3. The van der Waals surface area contributed by atoms with E-state index in [1.807, 2.05) is 12.1 Å². The second-order valence-electron chi connectivity index (χ2n) is 6.40. The molecular weight excluding hydrogens is 427 g/mol. The van der Waals surface area contributed by atoms with E-state index in [1.54, 1.807) is 25.1 Å².